The quantitative estimate of drug-likeness (QED) is 0.659. The van der Waals surface area contributed by atoms with Crippen molar-refractivity contribution in [1.82, 2.24) is 20.2 Å². The number of carbonyl (C=O) groups excluding carboxylic acids is 1. The lowest BCUT2D eigenvalue weighted by atomic mass is 10.1. The monoisotopic (exact) mass is 380 g/mol. The van der Waals surface area contributed by atoms with E-state index in [2.05, 4.69) is 15.2 Å². The molecule has 1 amide bonds. The second-order valence-corrected chi connectivity index (χ2v) is 6.87. The number of aromatic amines is 1. The number of imidazole rings is 1. The Kier molecular flexibility index (Phi) is 5.43. The topological polar surface area (TPSA) is 83.4 Å². The van der Waals surface area contributed by atoms with E-state index < -0.39 is 0 Å². The lowest BCUT2D eigenvalue weighted by Crippen LogP contribution is -2.34. The fourth-order valence-corrected chi connectivity index (χ4v) is 3.39. The van der Waals surface area contributed by atoms with Crippen molar-refractivity contribution in [1.29, 1.82) is 0 Å². The number of nitrogens with one attached hydrogen (secondary N) is 2. The zero-order chi connectivity index (χ0) is 19.3. The summed E-state index contributed by atoms with van der Waals surface area (Å²) in [5, 5.41) is 2.89. The molecule has 28 heavy (non-hydrogen) atoms. The number of hydrogen-bond donors (Lipinski definition) is 2. The molecule has 2 N–H and O–H groups in total. The maximum Gasteiger partial charge on any atom is 0.221 e. The Morgan fingerprint density at radius 2 is 2.29 bits per heavy atom. The SMILES string of the molecule is COc1cccc(-c2nc3c([nH]2)CN(CCC(=O)NCc2ccco2)CC3)c1. The third-order valence-electron chi connectivity index (χ3n) is 4.95. The van der Waals surface area contributed by atoms with Crippen molar-refractivity contribution < 1.29 is 13.9 Å². The largest absolute Gasteiger partial charge is 0.497 e. The molecule has 3 heterocycles. The average molecular weight is 380 g/mol. The first kappa shape index (κ1) is 18.3. The van der Waals surface area contributed by atoms with Crippen LogP contribution >= 0.6 is 0 Å². The van der Waals surface area contributed by atoms with Gasteiger partial charge in [-0.25, -0.2) is 4.98 Å². The first-order valence-corrected chi connectivity index (χ1v) is 9.45. The van der Waals surface area contributed by atoms with E-state index in [9.17, 15) is 4.79 Å². The summed E-state index contributed by atoms with van der Waals surface area (Å²) >= 11 is 0. The van der Waals surface area contributed by atoms with Gasteiger partial charge in [0.1, 0.15) is 17.3 Å². The Morgan fingerprint density at radius 1 is 1.36 bits per heavy atom. The van der Waals surface area contributed by atoms with E-state index in [0.29, 0.717) is 13.0 Å². The first-order chi connectivity index (χ1) is 13.7. The molecule has 0 spiro atoms. The third-order valence-corrected chi connectivity index (χ3v) is 4.95. The van der Waals surface area contributed by atoms with Gasteiger partial charge in [-0.05, 0) is 24.3 Å². The lowest BCUT2D eigenvalue weighted by molar-refractivity contribution is -0.121. The summed E-state index contributed by atoms with van der Waals surface area (Å²) in [6.07, 6.45) is 2.95. The number of carbonyl (C=O) groups is 1. The number of aromatic nitrogens is 2. The van der Waals surface area contributed by atoms with Crippen molar-refractivity contribution in [3.8, 4) is 17.1 Å². The van der Waals surface area contributed by atoms with E-state index in [1.807, 2.05) is 36.4 Å². The van der Waals surface area contributed by atoms with Gasteiger partial charge in [-0.15, -0.1) is 0 Å². The van der Waals surface area contributed by atoms with Gasteiger partial charge in [0.25, 0.3) is 0 Å². The van der Waals surface area contributed by atoms with Crippen LogP contribution in [0.1, 0.15) is 23.6 Å². The van der Waals surface area contributed by atoms with Crippen molar-refractivity contribution in [2.24, 2.45) is 0 Å². The summed E-state index contributed by atoms with van der Waals surface area (Å²) in [5.74, 6) is 2.47. The molecule has 0 saturated carbocycles. The van der Waals surface area contributed by atoms with Gasteiger partial charge in [-0.3, -0.25) is 9.69 Å². The van der Waals surface area contributed by atoms with Crippen LogP contribution in [0.4, 0.5) is 0 Å². The van der Waals surface area contributed by atoms with Gasteiger partial charge in [-0.1, -0.05) is 12.1 Å². The summed E-state index contributed by atoms with van der Waals surface area (Å²) in [5.41, 5.74) is 3.24. The highest BCUT2D eigenvalue weighted by Crippen LogP contribution is 2.25. The van der Waals surface area contributed by atoms with Crippen LogP contribution in [-0.2, 0) is 24.3 Å². The highest BCUT2D eigenvalue weighted by Gasteiger charge is 2.21. The Labute approximate surface area is 163 Å². The second kappa shape index (κ2) is 8.31. The molecule has 1 aliphatic rings. The van der Waals surface area contributed by atoms with Crippen LogP contribution < -0.4 is 10.1 Å². The minimum Gasteiger partial charge on any atom is -0.497 e. The molecule has 4 rings (SSSR count). The highest BCUT2D eigenvalue weighted by molar-refractivity contribution is 5.76. The molecule has 0 fully saturated rings. The zero-order valence-electron chi connectivity index (χ0n) is 15.9. The molecule has 2 aromatic heterocycles. The number of fused-ring (bicyclic) bond motifs is 1. The normalized spacial score (nSPS) is 13.9. The fraction of sp³-hybridized carbons (Fsp3) is 0.333. The average Bonchev–Trinajstić information content (AvgIpc) is 3.40. The van der Waals surface area contributed by atoms with Crippen LogP contribution in [0.2, 0.25) is 0 Å². The predicted octanol–water partition coefficient (Wildman–Crippen LogP) is 2.74. The van der Waals surface area contributed by atoms with Crippen molar-refractivity contribution in [3.63, 3.8) is 0 Å². The van der Waals surface area contributed by atoms with E-state index in [1.165, 1.54) is 0 Å². The van der Waals surface area contributed by atoms with E-state index in [-0.39, 0.29) is 5.91 Å². The molecule has 0 aliphatic carbocycles. The summed E-state index contributed by atoms with van der Waals surface area (Å²) < 4.78 is 10.5. The molecule has 1 aromatic carbocycles. The summed E-state index contributed by atoms with van der Waals surface area (Å²) in [4.78, 5) is 22.5. The first-order valence-electron chi connectivity index (χ1n) is 9.45. The number of methoxy groups -OCH3 is 1. The third kappa shape index (κ3) is 4.26. The number of hydrogen-bond acceptors (Lipinski definition) is 5. The fourth-order valence-electron chi connectivity index (χ4n) is 3.39. The zero-order valence-corrected chi connectivity index (χ0v) is 15.9. The lowest BCUT2D eigenvalue weighted by Gasteiger charge is -2.25. The smallest absolute Gasteiger partial charge is 0.221 e. The van der Waals surface area contributed by atoms with Gasteiger partial charge in [0, 0.05) is 38.0 Å². The molecule has 146 valence electrons. The molecule has 7 nitrogen and oxygen atoms in total. The van der Waals surface area contributed by atoms with Crippen molar-refractivity contribution in [2.45, 2.75) is 25.9 Å². The van der Waals surface area contributed by atoms with Crippen LogP contribution in [0, 0.1) is 0 Å². The van der Waals surface area contributed by atoms with Crippen LogP contribution in [0.15, 0.2) is 47.1 Å². The summed E-state index contributed by atoms with van der Waals surface area (Å²) in [7, 11) is 1.66. The Hall–Kier alpha value is -3.06. The molecule has 0 saturated heterocycles. The minimum atomic E-state index is 0.0314. The van der Waals surface area contributed by atoms with Crippen LogP contribution in [0.3, 0.4) is 0 Å². The number of ether oxygens (including phenoxy) is 1. The molecule has 3 aromatic rings. The van der Waals surface area contributed by atoms with Crippen molar-refractivity contribution in [3.05, 3.63) is 59.8 Å². The molecule has 0 atom stereocenters. The number of furan rings is 1. The molecule has 0 radical (unpaired) electrons. The van der Waals surface area contributed by atoms with E-state index in [0.717, 1.165) is 60.3 Å². The van der Waals surface area contributed by atoms with Gasteiger partial charge < -0.3 is 19.5 Å². The summed E-state index contributed by atoms with van der Waals surface area (Å²) in [6.45, 7) is 2.83. The van der Waals surface area contributed by atoms with Gasteiger partial charge in [0.2, 0.25) is 5.91 Å². The Morgan fingerprint density at radius 3 is 3.11 bits per heavy atom. The molecule has 0 bridgehead atoms. The molecule has 7 heteroatoms. The molecular formula is C21H24N4O3. The number of H-pyrrole nitrogens is 1. The summed E-state index contributed by atoms with van der Waals surface area (Å²) in [6, 6.07) is 11.6. The molecule has 0 unspecified atom stereocenters. The van der Waals surface area contributed by atoms with Crippen molar-refractivity contribution in [2.75, 3.05) is 20.2 Å². The molecular weight excluding hydrogens is 356 g/mol. The van der Waals surface area contributed by atoms with Crippen molar-refractivity contribution >= 4 is 5.91 Å². The van der Waals surface area contributed by atoms with Gasteiger partial charge in [0.15, 0.2) is 0 Å². The Balaban J connectivity index is 1.32. The van der Waals surface area contributed by atoms with E-state index in [1.54, 1.807) is 13.4 Å². The predicted molar refractivity (Wildman–Crippen MR) is 105 cm³/mol. The van der Waals surface area contributed by atoms with Crippen LogP contribution in [0.25, 0.3) is 11.4 Å². The van der Waals surface area contributed by atoms with Gasteiger partial charge in [0.05, 0.1) is 31.3 Å². The van der Waals surface area contributed by atoms with E-state index >= 15 is 0 Å². The number of nitrogens with zero attached hydrogens (tertiary/aromatic N) is 2. The second-order valence-electron chi connectivity index (χ2n) is 6.87. The maximum absolute atomic E-state index is 12.1. The molecule has 1 aliphatic heterocycles. The van der Waals surface area contributed by atoms with Crippen LogP contribution in [0.5, 0.6) is 5.75 Å². The number of amides is 1. The number of benzene rings is 1. The minimum absolute atomic E-state index is 0.0314. The van der Waals surface area contributed by atoms with E-state index in [4.69, 9.17) is 14.1 Å². The maximum atomic E-state index is 12.1. The van der Waals surface area contributed by atoms with Gasteiger partial charge in [-0.2, -0.15) is 0 Å². The Bertz CT molecular complexity index is 933. The highest BCUT2D eigenvalue weighted by atomic mass is 16.5. The van der Waals surface area contributed by atoms with Gasteiger partial charge >= 0.3 is 0 Å². The standard InChI is InChI=1S/C21H24N4O3/c1-27-16-5-2-4-15(12-16)21-23-18-7-9-25(14-19(18)24-21)10-8-20(26)22-13-17-6-3-11-28-17/h2-6,11-12H,7-10,13-14H2,1H3,(H,22,26)(H,23,24). The number of rotatable bonds is 7. The van der Waals surface area contributed by atoms with Crippen LogP contribution in [-0.4, -0.2) is 41.0 Å².